The molecule has 0 atom stereocenters. The molecular formula is C19H14F3N5O. The number of anilines is 3. The molecule has 4 rings (SSSR count). The summed E-state index contributed by atoms with van der Waals surface area (Å²) in [6.07, 6.45) is -1.46. The zero-order valence-corrected chi connectivity index (χ0v) is 14.7. The molecule has 6 nitrogen and oxygen atoms in total. The Bertz CT molecular complexity index is 1050. The van der Waals surface area contributed by atoms with Gasteiger partial charge in [-0.1, -0.05) is 0 Å². The number of likely N-dealkylation sites (N-methyl/N-ethyl adjacent to an activating group) is 1. The van der Waals surface area contributed by atoms with Crippen LogP contribution in [0.3, 0.4) is 0 Å². The van der Waals surface area contributed by atoms with Gasteiger partial charge in [-0.25, -0.2) is 9.97 Å². The summed E-state index contributed by atoms with van der Waals surface area (Å²) < 4.78 is 39.9. The first-order valence-electron chi connectivity index (χ1n) is 8.34. The number of carbonyl (C=O) groups is 1. The van der Waals surface area contributed by atoms with E-state index in [-0.39, 0.29) is 24.0 Å². The van der Waals surface area contributed by atoms with Crippen LogP contribution in [-0.4, -0.2) is 27.9 Å². The fourth-order valence-corrected chi connectivity index (χ4v) is 2.98. The number of pyridine rings is 1. The molecule has 1 aliphatic heterocycles. The molecule has 0 fully saturated rings. The standard InChI is InChI=1S/C19H14F3N5O/c1-27-14-5-4-13(7-12(14)8-17(27)28)24-16-9-15(19(20,21)22)25-18(26-16)11-3-2-6-23-10-11/h2-7,9-10H,8H2,1H3,(H,24,25,26). The number of hydrogen-bond acceptors (Lipinski definition) is 5. The van der Waals surface area contributed by atoms with E-state index in [1.54, 1.807) is 42.3 Å². The lowest BCUT2D eigenvalue weighted by molar-refractivity contribution is -0.141. The Kier molecular flexibility index (Phi) is 4.21. The van der Waals surface area contributed by atoms with Crippen LogP contribution in [0.15, 0.2) is 48.8 Å². The summed E-state index contributed by atoms with van der Waals surface area (Å²) in [4.78, 5) is 25.1. The minimum atomic E-state index is -4.62. The lowest BCUT2D eigenvalue weighted by Crippen LogP contribution is -2.20. The number of nitrogens with zero attached hydrogens (tertiary/aromatic N) is 4. The normalized spacial score (nSPS) is 13.6. The second kappa shape index (κ2) is 6.59. The first-order valence-corrected chi connectivity index (χ1v) is 8.34. The van der Waals surface area contributed by atoms with E-state index >= 15 is 0 Å². The van der Waals surface area contributed by atoms with Gasteiger partial charge in [-0.3, -0.25) is 9.78 Å². The van der Waals surface area contributed by atoms with Crippen molar-refractivity contribution in [1.29, 1.82) is 0 Å². The number of alkyl halides is 3. The van der Waals surface area contributed by atoms with E-state index in [2.05, 4.69) is 20.3 Å². The molecule has 0 saturated carbocycles. The minimum Gasteiger partial charge on any atom is -0.340 e. The van der Waals surface area contributed by atoms with Gasteiger partial charge in [0.2, 0.25) is 5.91 Å². The predicted molar refractivity (Wildman–Crippen MR) is 97.1 cm³/mol. The van der Waals surface area contributed by atoms with Crippen molar-refractivity contribution in [2.45, 2.75) is 12.6 Å². The molecule has 28 heavy (non-hydrogen) atoms. The van der Waals surface area contributed by atoms with Crippen LogP contribution in [0.25, 0.3) is 11.4 Å². The maximum atomic E-state index is 13.3. The highest BCUT2D eigenvalue weighted by atomic mass is 19.4. The van der Waals surface area contributed by atoms with Crippen LogP contribution in [0, 0.1) is 0 Å². The largest absolute Gasteiger partial charge is 0.433 e. The summed E-state index contributed by atoms with van der Waals surface area (Å²) in [6.45, 7) is 0. The molecule has 1 aliphatic rings. The highest BCUT2D eigenvalue weighted by molar-refractivity contribution is 6.01. The zero-order chi connectivity index (χ0) is 19.9. The van der Waals surface area contributed by atoms with Crippen molar-refractivity contribution in [2.24, 2.45) is 0 Å². The molecule has 0 spiro atoms. The first-order chi connectivity index (χ1) is 13.3. The van der Waals surface area contributed by atoms with E-state index < -0.39 is 11.9 Å². The lowest BCUT2D eigenvalue weighted by Gasteiger charge is -2.13. The molecule has 1 aromatic carbocycles. The van der Waals surface area contributed by atoms with Crippen LogP contribution < -0.4 is 10.2 Å². The zero-order valence-electron chi connectivity index (χ0n) is 14.7. The van der Waals surface area contributed by atoms with Gasteiger partial charge in [-0.2, -0.15) is 13.2 Å². The molecule has 3 heterocycles. The molecule has 3 aromatic rings. The molecule has 9 heteroatoms. The van der Waals surface area contributed by atoms with E-state index in [0.29, 0.717) is 11.3 Å². The van der Waals surface area contributed by atoms with Gasteiger partial charge in [-0.15, -0.1) is 0 Å². The number of halogens is 3. The van der Waals surface area contributed by atoms with Crippen LogP contribution in [0.4, 0.5) is 30.4 Å². The summed E-state index contributed by atoms with van der Waals surface area (Å²) in [5, 5.41) is 2.88. The van der Waals surface area contributed by atoms with Crippen molar-refractivity contribution in [1.82, 2.24) is 15.0 Å². The number of rotatable bonds is 3. The fourth-order valence-electron chi connectivity index (χ4n) is 2.98. The van der Waals surface area contributed by atoms with Gasteiger partial charge in [0, 0.05) is 42.4 Å². The molecule has 0 saturated heterocycles. The molecule has 0 radical (unpaired) electrons. The molecule has 142 valence electrons. The summed E-state index contributed by atoms with van der Waals surface area (Å²) in [6, 6.07) is 9.20. The Balaban J connectivity index is 1.72. The number of nitrogens with one attached hydrogen (secondary N) is 1. The van der Waals surface area contributed by atoms with Gasteiger partial charge < -0.3 is 10.2 Å². The molecule has 2 aromatic heterocycles. The Morgan fingerprint density at radius 2 is 1.96 bits per heavy atom. The van der Waals surface area contributed by atoms with E-state index in [1.807, 2.05) is 0 Å². The number of hydrogen-bond donors (Lipinski definition) is 1. The molecular weight excluding hydrogens is 371 g/mol. The van der Waals surface area contributed by atoms with E-state index in [4.69, 9.17) is 0 Å². The molecule has 0 bridgehead atoms. The van der Waals surface area contributed by atoms with Gasteiger partial charge in [0.1, 0.15) is 5.82 Å². The number of benzene rings is 1. The maximum absolute atomic E-state index is 13.3. The Hall–Kier alpha value is -3.49. The van der Waals surface area contributed by atoms with Gasteiger partial charge in [0.25, 0.3) is 0 Å². The third-order valence-corrected chi connectivity index (χ3v) is 4.37. The van der Waals surface area contributed by atoms with Crippen molar-refractivity contribution in [3.63, 3.8) is 0 Å². The van der Waals surface area contributed by atoms with Gasteiger partial charge >= 0.3 is 6.18 Å². The second-order valence-electron chi connectivity index (χ2n) is 6.30. The van der Waals surface area contributed by atoms with E-state index in [1.165, 1.54) is 12.4 Å². The van der Waals surface area contributed by atoms with Crippen molar-refractivity contribution in [3.05, 3.63) is 60.0 Å². The summed E-state index contributed by atoms with van der Waals surface area (Å²) >= 11 is 0. The monoisotopic (exact) mass is 385 g/mol. The minimum absolute atomic E-state index is 0.00111. The predicted octanol–water partition coefficient (Wildman–Crippen LogP) is 3.82. The Morgan fingerprint density at radius 3 is 2.68 bits per heavy atom. The van der Waals surface area contributed by atoms with Crippen LogP contribution >= 0.6 is 0 Å². The number of fused-ring (bicyclic) bond motifs is 1. The fraction of sp³-hybridized carbons (Fsp3) is 0.158. The average molecular weight is 385 g/mol. The molecule has 0 unspecified atom stereocenters. The van der Waals surface area contributed by atoms with Gasteiger partial charge in [0.05, 0.1) is 6.42 Å². The second-order valence-corrected chi connectivity index (χ2v) is 6.30. The van der Waals surface area contributed by atoms with Crippen LogP contribution in [0.5, 0.6) is 0 Å². The maximum Gasteiger partial charge on any atom is 0.433 e. The third-order valence-electron chi connectivity index (χ3n) is 4.37. The first kappa shape index (κ1) is 17.9. The number of carbonyl (C=O) groups excluding carboxylic acids is 1. The average Bonchev–Trinajstić information content (AvgIpc) is 2.95. The SMILES string of the molecule is CN1C(=O)Cc2cc(Nc3cc(C(F)(F)F)nc(-c4cccnc4)n3)ccc21. The molecule has 0 aliphatic carbocycles. The topological polar surface area (TPSA) is 71.0 Å². The number of aromatic nitrogens is 3. The summed E-state index contributed by atoms with van der Waals surface area (Å²) in [5.74, 6) is -0.118. The van der Waals surface area contributed by atoms with Crippen LogP contribution in [-0.2, 0) is 17.4 Å². The van der Waals surface area contributed by atoms with Crippen molar-refractivity contribution in [2.75, 3.05) is 17.3 Å². The van der Waals surface area contributed by atoms with Crippen molar-refractivity contribution in [3.8, 4) is 11.4 Å². The van der Waals surface area contributed by atoms with Gasteiger partial charge in [-0.05, 0) is 35.9 Å². The van der Waals surface area contributed by atoms with Crippen LogP contribution in [0.2, 0.25) is 0 Å². The van der Waals surface area contributed by atoms with E-state index in [0.717, 1.165) is 17.3 Å². The molecule has 1 N–H and O–H groups in total. The smallest absolute Gasteiger partial charge is 0.340 e. The van der Waals surface area contributed by atoms with Crippen molar-refractivity contribution >= 4 is 23.1 Å². The highest BCUT2D eigenvalue weighted by Gasteiger charge is 2.34. The van der Waals surface area contributed by atoms with Crippen molar-refractivity contribution < 1.29 is 18.0 Å². The summed E-state index contributed by atoms with van der Waals surface area (Å²) in [7, 11) is 1.68. The van der Waals surface area contributed by atoms with E-state index in [9.17, 15) is 18.0 Å². The Morgan fingerprint density at radius 1 is 1.14 bits per heavy atom. The van der Waals surface area contributed by atoms with Gasteiger partial charge in [0.15, 0.2) is 11.5 Å². The third kappa shape index (κ3) is 3.38. The number of amides is 1. The lowest BCUT2D eigenvalue weighted by atomic mass is 10.1. The summed E-state index contributed by atoms with van der Waals surface area (Å²) in [5.41, 5.74) is 1.43. The Labute approximate surface area is 158 Å². The molecule has 1 amide bonds. The quantitative estimate of drug-likeness (QED) is 0.742. The van der Waals surface area contributed by atoms with Crippen LogP contribution in [0.1, 0.15) is 11.3 Å². The highest BCUT2D eigenvalue weighted by Crippen LogP contribution is 2.33.